The van der Waals surface area contributed by atoms with Crippen LogP contribution in [-0.2, 0) is 9.53 Å². The third-order valence-corrected chi connectivity index (χ3v) is 3.56. The van der Waals surface area contributed by atoms with Gasteiger partial charge < -0.3 is 19.5 Å². The van der Waals surface area contributed by atoms with Crippen LogP contribution in [0.3, 0.4) is 0 Å². The van der Waals surface area contributed by atoms with Gasteiger partial charge in [-0.3, -0.25) is 0 Å². The minimum atomic E-state index is -0.450. The Morgan fingerprint density at radius 1 is 1.00 bits per heavy atom. The highest BCUT2D eigenvalue weighted by Crippen LogP contribution is 2.34. The van der Waals surface area contributed by atoms with Crippen LogP contribution in [-0.4, -0.2) is 20.2 Å². The van der Waals surface area contributed by atoms with Gasteiger partial charge in [-0.1, -0.05) is 24.3 Å². The molecular formula is C18H17NO4. The first-order valence-corrected chi connectivity index (χ1v) is 7.18. The maximum Gasteiger partial charge on any atom is 0.355 e. The summed E-state index contributed by atoms with van der Waals surface area (Å²) >= 11 is 0. The number of hydrogen-bond donors (Lipinski definition) is 1. The molecule has 1 N–H and O–H groups in total. The van der Waals surface area contributed by atoms with E-state index in [1.165, 1.54) is 0 Å². The van der Waals surface area contributed by atoms with E-state index < -0.39 is 6.10 Å². The molecule has 2 aromatic carbocycles. The molecular weight excluding hydrogens is 294 g/mol. The van der Waals surface area contributed by atoms with Crippen LogP contribution < -0.4 is 14.8 Å². The molecule has 1 atom stereocenters. The van der Waals surface area contributed by atoms with Gasteiger partial charge in [0.05, 0.1) is 14.2 Å². The van der Waals surface area contributed by atoms with E-state index in [1.807, 2.05) is 36.4 Å². The molecule has 0 saturated heterocycles. The second kappa shape index (κ2) is 6.44. The summed E-state index contributed by atoms with van der Waals surface area (Å²) in [5, 5.41) is 3.07. The van der Waals surface area contributed by atoms with E-state index in [0.29, 0.717) is 17.2 Å². The lowest BCUT2D eigenvalue weighted by Crippen LogP contribution is -2.08. The summed E-state index contributed by atoms with van der Waals surface area (Å²) in [5.41, 5.74) is 2.08. The van der Waals surface area contributed by atoms with Crippen molar-refractivity contribution >= 4 is 11.7 Å². The minimum Gasteiger partial charge on any atom is -0.493 e. The average molecular weight is 311 g/mol. The Labute approximate surface area is 134 Å². The van der Waals surface area contributed by atoms with E-state index >= 15 is 0 Å². The first-order chi connectivity index (χ1) is 11.2. The number of cyclic esters (lactones) is 1. The number of methoxy groups -OCH3 is 2. The number of carbonyl (C=O) groups is 1. The van der Waals surface area contributed by atoms with E-state index in [-0.39, 0.29) is 5.97 Å². The molecule has 118 valence electrons. The summed E-state index contributed by atoms with van der Waals surface area (Å²) in [6, 6.07) is 14.9. The molecule has 1 aliphatic heterocycles. The molecule has 3 rings (SSSR count). The Morgan fingerprint density at radius 2 is 1.74 bits per heavy atom. The summed E-state index contributed by atoms with van der Waals surface area (Å²) < 4.78 is 15.9. The number of ether oxygens (including phenoxy) is 3. The van der Waals surface area contributed by atoms with Crippen LogP contribution >= 0.6 is 0 Å². The van der Waals surface area contributed by atoms with Crippen LogP contribution in [0.2, 0.25) is 0 Å². The zero-order valence-corrected chi connectivity index (χ0v) is 12.9. The molecule has 5 heteroatoms. The lowest BCUT2D eigenvalue weighted by molar-refractivity contribution is -0.139. The minimum absolute atomic E-state index is 0.381. The maximum absolute atomic E-state index is 12.0. The van der Waals surface area contributed by atoms with Gasteiger partial charge in [-0.05, 0) is 30.3 Å². The summed E-state index contributed by atoms with van der Waals surface area (Å²) in [7, 11) is 3.15. The number of rotatable bonds is 5. The van der Waals surface area contributed by atoms with Gasteiger partial charge >= 0.3 is 5.97 Å². The third kappa shape index (κ3) is 3.13. The molecule has 0 fully saturated rings. The van der Waals surface area contributed by atoms with Crippen LogP contribution in [0.25, 0.3) is 0 Å². The topological polar surface area (TPSA) is 56.8 Å². The highest BCUT2D eigenvalue weighted by Gasteiger charge is 2.27. The van der Waals surface area contributed by atoms with Crippen molar-refractivity contribution in [2.24, 2.45) is 0 Å². The van der Waals surface area contributed by atoms with Gasteiger partial charge in [0.1, 0.15) is 11.8 Å². The van der Waals surface area contributed by atoms with Crippen molar-refractivity contribution in [1.29, 1.82) is 0 Å². The predicted octanol–water partition coefficient (Wildman–Crippen LogP) is 3.30. The molecule has 2 aromatic rings. The molecule has 0 saturated carbocycles. The molecule has 0 spiro atoms. The Morgan fingerprint density at radius 3 is 2.43 bits per heavy atom. The highest BCUT2D eigenvalue weighted by atomic mass is 16.5. The third-order valence-electron chi connectivity index (χ3n) is 3.56. The Hall–Kier alpha value is -2.95. The summed E-state index contributed by atoms with van der Waals surface area (Å²) in [4.78, 5) is 12.0. The SMILES string of the molecule is COc1ccc(C2C=C(Nc3ccccc3)C(=O)O2)cc1OC. The molecule has 1 aliphatic rings. The van der Waals surface area contributed by atoms with E-state index in [2.05, 4.69) is 5.32 Å². The van der Waals surface area contributed by atoms with E-state index in [0.717, 1.165) is 11.3 Å². The van der Waals surface area contributed by atoms with Crippen molar-refractivity contribution in [3.05, 3.63) is 65.9 Å². The second-order valence-electron chi connectivity index (χ2n) is 5.01. The van der Waals surface area contributed by atoms with E-state index in [4.69, 9.17) is 14.2 Å². The largest absolute Gasteiger partial charge is 0.493 e. The van der Waals surface area contributed by atoms with Gasteiger partial charge in [0.2, 0.25) is 0 Å². The Kier molecular flexibility index (Phi) is 4.19. The monoisotopic (exact) mass is 311 g/mol. The fourth-order valence-electron chi connectivity index (χ4n) is 2.40. The van der Waals surface area contributed by atoms with Crippen LogP contribution in [0, 0.1) is 0 Å². The maximum atomic E-state index is 12.0. The predicted molar refractivity (Wildman–Crippen MR) is 86.5 cm³/mol. The molecule has 5 nitrogen and oxygen atoms in total. The number of carbonyl (C=O) groups excluding carboxylic acids is 1. The van der Waals surface area contributed by atoms with Crippen molar-refractivity contribution in [1.82, 2.24) is 0 Å². The summed E-state index contributed by atoms with van der Waals surface area (Å²) in [5.74, 6) is 0.847. The van der Waals surface area contributed by atoms with Crippen molar-refractivity contribution < 1.29 is 19.0 Å². The fourth-order valence-corrected chi connectivity index (χ4v) is 2.40. The molecule has 1 heterocycles. The van der Waals surface area contributed by atoms with E-state index in [1.54, 1.807) is 32.4 Å². The van der Waals surface area contributed by atoms with Crippen molar-refractivity contribution in [2.75, 3.05) is 19.5 Å². The number of anilines is 1. The first kappa shape index (κ1) is 15.0. The lowest BCUT2D eigenvalue weighted by atomic mass is 10.1. The summed E-state index contributed by atoms with van der Waals surface area (Å²) in [6.45, 7) is 0. The van der Waals surface area contributed by atoms with Crippen molar-refractivity contribution in [3.8, 4) is 11.5 Å². The van der Waals surface area contributed by atoms with Crippen LogP contribution in [0.15, 0.2) is 60.3 Å². The molecule has 0 radical (unpaired) electrons. The van der Waals surface area contributed by atoms with Gasteiger partial charge in [0.15, 0.2) is 11.5 Å². The van der Waals surface area contributed by atoms with Crippen molar-refractivity contribution in [2.45, 2.75) is 6.10 Å². The van der Waals surface area contributed by atoms with Crippen LogP contribution in [0.4, 0.5) is 5.69 Å². The number of hydrogen-bond acceptors (Lipinski definition) is 5. The smallest absolute Gasteiger partial charge is 0.355 e. The number of esters is 1. The van der Waals surface area contributed by atoms with Crippen molar-refractivity contribution in [3.63, 3.8) is 0 Å². The number of para-hydroxylation sites is 1. The zero-order valence-electron chi connectivity index (χ0n) is 12.9. The molecule has 0 amide bonds. The average Bonchev–Trinajstić information content (AvgIpc) is 2.96. The fraction of sp³-hybridized carbons (Fsp3) is 0.167. The lowest BCUT2D eigenvalue weighted by Gasteiger charge is -2.12. The van der Waals surface area contributed by atoms with E-state index in [9.17, 15) is 4.79 Å². The van der Waals surface area contributed by atoms with Gasteiger partial charge in [0.25, 0.3) is 0 Å². The normalized spacial score (nSPS) is 16.5. The molecule has 0 aromatic heterocycles. The number of benzene rings is 2. The Balaban J connectivity index is 1.83. The number of nitrogens with one attached hydrogen (secondary N) is 1. The molecule has 1 unspecified atom stereocenters. The van der Waals surface area contributed by atoms with Crippen LogP contribution in [0.1, 0.15) is 11.7 Å². The first-order valence-electron chi connectivity index (χ1n) is 7.18. The molecule has 23 heavy (non-hydrogen) atoms. The standard InChI is InChI=1S/C18H17NO4/c1-21-15-9-8-12(10-17(15)22-2)16-11-14(18(20)23-16)19-13-6-4-3-5-7-13/h3-11,16,19H,1-2H3. The second-order valence-corrected chi connectivity index (χ2v) is 5.01. The highest BCUT2D eigenvalue weighted by molar-refractivity contribution is 5.94. The Bertz CT molecular complexity index is 740. The van der Waals surface area contributed by atoms with Gasteiger partial charge in [-0.2, -0.15) is 0 Å². The van der Waals surface area contributed by atoms with Gasteiger partial charge in [-0.25, -0.2) is 4.79 Å². The quantitative estimate of drug-likeness (QED) is 0.859. The van der Waals surface area contributed by atoms with Gasteiger partial charge in [-0.15, -0.1) is 0 Å². The molecule has 0 bridgehead atoms. The van der Waals surface area contributed by atoms with Crippen LogP contribution in [0.5, 0.6) is 11.5 Å². The summed E-state index contributed by atoms with van der Waals surface area (Å²) in [6.07, 6.45) is 1.31. The zero-order chi connectivity index (χ0) is 16.2. The molecule has 0 aliphatic carbocycles. The van der Waals surface area contributed by atoms with Gasteiger partial charge in [0, 0.05) is 11.3 Å².